The lowest BCUT2D eigenvalue weighted by Gasteiger charge is -2.30. The first-order valence-electron chi connectivity index (χ1n) is 7.26. The second-order valence-electron chi connectivity index (χ2n) is 5.37. The highest BCUT2D eigenvalue weighted by Gasteiger charge is 2.25. The number of nitrogens with zero attached hydrogens (tertiary/aromatic N) is 4. The van der Waals surface area contributed by atoms with Gasteiger partial charge in [-0.15, -0.1) is 10.2 Å². The van der Waals surface area contributed by atoms with E-state index in [4.69, 9.17) is 5.73 Å². The molecule has 3 amide bonds. The number of urea groups is 1. The third-order valence-electron chi connectivity index (χ3n) is 3.97. The second kappa shape index (κ2) is 6.00. The minimum atomic E-state index is -0.282. The summed E-state index contributed by atoms with van der Waals surface area (Å²) < 4.78 is 1.83. The maximum Gasteiger partial charge on any atom is 0.317 e. The Kier molecular flexibility index (Phi) is 3.90. The molecule has 0 radical (unpaired) electrons. The summed E-state index contributed by atoms with van der Waals surface area (Å²) in [5.74, 6) is 0.274. The molecule has 1 saturated heterocycles. The number of primary amides is 1. The van der Waals surface area contributed by atoms with Gasteiger partial charge in [-0.1, -0.05) is 6.07 Å². The van der Waals surface area contributed by atoms with Gasteiger partial charge < -0.3 is 16.0 Å². The van der Waals surface area contributed by atoms with E-state index >= 15 is 0 Å². The van der Waals surface area contributed by atoms with Gasteiger partial charge in [0.1, 0.15) is 0 Å². The molecule has 0 atom stereocenters. The van der Waals surface area contributed by atoms with E-state index in [0.29, 0.717) is 38.3 Å². The first-order chi connectivity index (χ1) is 10.6. The number of nitrogens with one attached hydrogen (secondary N) is 1. The summed E-state index contributed by atoms with van der Waals surface area (Å²) >= 11 is 0. The molecule has 0 aromatic carbocycles. The lowest BCUT2D eigenvalue weighted by molar-refractivity contribution is -0.123. The van der Waals surface area contributed by atoms with Gasteiger partial charge >= 0.3 is 6.03 Å². The van der Waals surface area contributed by atoms with Crippen LogP contribution in [0.4, 0.5) is 4.79 Å². The second-order valence-corrected chi connectivity index (χ2v) is 5.37. The quantitative estimate of drug-likeness (QED) is 0.841. The van der Waals surface area contributed by atoms with Crippen LogP contribution in [-0.4, -0.2) is 44.5 Å². The van der Waals surface area contributed by atoms with Crippen LogP contribution in [0, 0.1) is 5.92 Å². The van der Waals surface area contributed by atoms with Crippen molar-refractivity contribution in [1.29, 1.82) is 0 Å². The number of hydrogen-bond donors (Lipinski definition) is 2. The van der Waals surface area contributed by atoms with E-state index in [1.165, 1.54) is 0 Å². The largest absolute Gasteiger partial charge is 0.369 e. The van der Waals surface area contributed by atoms with E-state index in [0.717, 1.165) is 5.65 Å². The molecule has 0 spiro atoms. The maximum absolute atomic E-state index is 12.1. The van der Waals surface area contributed by atoms with Gasteiger partial charge in [0.2, 0.25) is 5.91 Å². The number of fused-ring (bicyclic) bond motifs is 1. The molecule has 2 aromatic rings. The number of amides is 3. The van der Waals surface area contributed by atoms with Crippen molar-refractivity contribution in [1.82, 2.24) is 24.8 Å². The fourth-order valence-corrected chi connectivity index (χ4v) is 2.65. The van der Waals surface area contributed by atoms with E-state index in [1.807, 2.05) is 28.8 Å². The van der Waals surface area contributed by atoms with Crippen molar-refractivity contribution in [2.45, 2.75) is 19.4 Å². The molecule has 1 aliphatic rings. The molecule has 116 valence electrons. The van der Waals surface area contributed by atoms with Crippen molar-refractivity contribution in [3.8, 4) is 0 Å². The molecule has 0 unspecified atom stereocenters. The zero-order valence-corrected chi connectivity index (χ0v) is 12.1. The molecule has 22 heavy (non-hydrogen) atoms. The normalized spacial score (nSPS) is 15.9. The van der Waals surface area contributed by atoms with Crippen molar-refractivity contribution in [2.75, 3.05) is 13.1 Å². The number of nitrogens with two attached hydrogens (primary N) is 1. The first-order valence-corrected chi connectivity index (χ1v) is 7.26. The summed E-state index contributed by atoms with van der Waals surface area (Å²) in [6, 6.07) is 5.47. The highest BCUT2D eigenvalue weighted by Crippen LogP contribution is 2.16. The first kappa shape index (κ1) is 14.3. The van der Waals surface area contributed by atoms with E-state index < -0.39 is 0 Å². The van der Waals surface area contributed by atoms with E-state index in [1.54, 1.807) is 4.90 Å². The molecule has 3 N–H and O–H groups in total. The zero-order chi connectivity index (χ0) is 15.5. The Morgan fingerprint density at radius 1 is 1.27 bits per heavy atom. The summed E-state index contributed by atoms with van der Waals surface area (Å²) in [4.78, 5) is 25.0. The molecule has 3 rings (SSSR count). The molecule has 0 saturated carbocycles. The predicted octanol–water partition coefficient (Wildman–Crippen LogP) is 0.136. The van der Waals surface area contributed by atoms with Gasteiger partial charge in [0.25, 0.3) is 0 Å². The molecule has 2 aromatic heterocycles. The summed E-state index contributed by atoms with van der Waals surface area (Å²) in [7, 11) is 0. The van der Waals surface area contributed by atoms with Crippen molar-refractivity contribution >= 4 is 17.6 Å². The van der Waals surface area contributed by atoms with Crippen LogP contribution in [0.25, 0.3) is 5.65 Å². The van der Waals surface area contributed by atoms with Crippen LogP contribution in [0.5, 0.6) is 0 Å². The number of carbonyl (C=O) groups is 2. The van der Waals surface area contributed by atoms with Crippen LogP contribution in [0.3, 0.4) is 0 Å². The number of likely N-dealkylation sites (tertiary alicyclic amines) is 1. The van der Waals surface area contributed by atoms with Crippen LogP contribution in [0.1, 0.15) is 18.7 Å². The number of hydrogen-bond acceptors (Lipinski definition) is 4. The third kappa shape index (κ3) is 2.85. The third-order valence-corrected chi connectivity index (χ3v) is 3.97. The molecule has 0 bridgehead atoms. The molecule has 0 aliphatic carbocycles. The SMILES string of the molecule is NC(=O)C1CCN(C(=O)NCc2nnc3ccccn23)CC1. The standard InChI is InChI=1S/C14H18N6O2/c15-13(21)10-4-7-19(8-5-10)14(22)16-9-12-18-17-11-3-1-2-6-20(11)12/h1-3,6,10H,4-5,7-9H2,(H2,15,21)(H,16,22). The topological polar surface area (TPSA) is 106 Å². The van der Waals surface area contributed by atoms with Crippen LogP contribution in [0.15, 0.2) is 24.4 Å². The molecule has 1 fully saturated rings. The monoisotopic (exact) mass is 302 g/mol. The Morgan fingerprint density at radius 3 is 2.77 bits per heavy atom. The maximum atomic E-state index is 12.1. The van der Waals surface area contributed by atoms with Crippen LogP contribution in [-0.2, 0) is 11.3 Å². The minimum absolute atomic E-state index is 0.121. The van der Waals surface area contributed by atoms with Gasteiger partial charge in [-0.25, -0.2) is 4.79 Å². The lowest BCUT2D eigenvalue weighted by atomic mass is 9.96. The fraction of sp³-hybridized carbons (Fsp3) is 0.429. The van der Waals surface area contributed by atoms with Gasteiger partial charge in [0.15, 0.2) is 11.5 Å². The average molecular weight is 302 g/mol. The van der Waals surface area contributed by atoms with Gasteiger partial charge in [0.05, 0.1) is 6.54 Å². The Balaban J connectivity index is 1.56. The molecule has 8 heteroatoms. The Hall–Kier alpha value is -2.64. The van der Waals surface area contributed by atoms with Gasteiger partial charge in [-0.05, 0) is 25.0 Å². The van der Waals surface area contributed by atoms with E-state index in [2.05, 4.69) is 15.5 Å². The molecule has 3 heterocycles. The molecular formula is C14H18N6O2. The van der Waals surface area contributed by atoms with Crippen LogP contribution >= 0.6 is 0 Å². The summed E-state index contributed by atoms with van der Waals surface area (Å²) in [6.07, 6.45) is 3.10. The van der Waals surface area contributed by atoms with E-state index in [9.17, 15) is 9.59 Å². The number of piperidine rings is 1. The number of pyridine rings is 1. The molecule has 8 nitrogen and oxygen atoms in total. The minimum Gasteiger partial charge on any atom is -0.369 e. The highest BCUT2D eigenvalue weighted by molar-refractivity contribution is 5.78. The number of aromatic nitrogens is 3. The zero-order valence-electron chi connectivity index (χ0n) is 12.1. The Bertz CT molecular complexity index is 689. The molecule has 1 aliphatic heterocycles. The van der Waals surface area contributed by atoms with Crippen molar-refractivity contribution < 1.29 is 9.59 Å². The van der Waals surface area contributed by atoms with Gasteiger partial charge in [-0.2, -0.15) is 0 Å². The predicted molar refractivity (Wildman–Crippen MR) is 78.7 cm³/mol. The van der Waals surface area contributed by atoms with Crippen molar-refractivity contribution in [3.63, 3.8) is 0 Å². The summed E-state index contributed by atoms with van der Waals surface area (Å²) in [5.41, 5.74) is 6.03. The lowest BCUT2D eigenvalue weighted by Crippen LogP contribution is -2.46. The molecular weight excluding hydrogens is 284 g/mol. The summed E-state index contributed by atoms with van der Waals surface area (Å²) in [5, 5.41) is 10.9. The van der Waals surface area contributed by atoms with Crippen molar-refractivity contribution in [2.24, 2.45) is 11.7 Å². The van der Waals surface area contributed by atoms with Gasteiger partial charge in [-0.3, -0.25) is 9.20 Å². The van der Waals surface area contributed by atoms with Crippen LogP contribution in [0.2, 0.25) is 0 Å². The highest BCUT2D eigenvalue weighted by atomic mass is 16.2. The smallest absolute Gasteiger partial charge is 0.317 e. The van der Waals surface area contributed by atoms with Crippen molar-refractivity contribution in [3.05, 3.63) is 30.2 Å². The van der Waals surface area contributed by atoms with Gasteiger partial charge in [0, 0.05) is 25.2 Å². The van der Waals surface area contributed by atoms with E-state index in [-0.39, 0.29) is 17.9 Å². The number of carbonyl (C=O) groups excluding carboxylic acids is 2. The summed E-state index contributed by atoms with van der Waals surface area (Å²) in [6.45, 7) is 1.39. The Morgan fingerprint density at radius 2 is 2.05 bits per heavy atom. The number of rotatable bonds is 3. The average Bonchev–Trinajstić information content (AvgIpc) is 2.96. The Labute approximate surface area is 127 Å². The van der Waals surface area contributed by atoms with Crippen LogP contribution < -0.4 is 11.1 Å². The fourth-order valence-electron chi connectivity index (χ4n) is 2.65.